The van der Waals surface area contributed by atoms with Gasteiger partial charge in [0.2, 0.25) is 0 Å². The Hall–Kier alpha value is -1.51. The minimum absolute atomic E-state index is 0.0459. The maximum atomic E-state index is 5.94. The number of anilines is 1. The van der Waals surface area contributed by atoms with Gasteiger partial charge in [-0.25, -0.2) is 0 Å². The van der Waals surface area contributed by atoms with Gasteiger partial charge in [-0.15, -0.1) is 0 Å². The highest BCUT2D eigenvalue weighted by Crippen LogP contribution is 2.31. The quantitative estimate of drug-likeness (QED) is 0.625. The summed E-state index contributed by atoms with van der Waals surface area (Å²) >= 11 is 0. The molecule has 0 aliphatic carbocycles. The molecule has 0 saturated carbocycles. The van der Waals surface area contributed by atoms with Crippen molar-refractivity contribution in [2.24, 2.45) is 0 Å². The van der Waals surface area contributed by atoms with Crippen LogP contribution >= 0.6 is 0 Å². The number of nitrogens with one attached hydrogen (secondary N) is 1. The van der Waals surface area contributed by atoms with E-state index < -0.39 is 0 Å². The number of nitrogens with zero attached hydrogens (tertiary/aromatic N) is 1. The summed E-state index contributed by atoms with van der Waals surface area (Å²) in [5.41, 5.74) is 8.82. The van der Waals surface area contributed by atoms with Gasteiger partial charge in [-0.3, -0.25) is 5.10 Å². The van der Waals surface area contributed by atoms with Crippen molar-refractivity contribution >= 4 is 16.6 Å². The summed E-state index contributed by atoms with van der Waals surface area (Å²) in [5, 5.41) is 8.36. The number of H-pyrrole nitrogens is 1. The fourth-order valence-electron chi connectivity index (χ4n) is 1.64. The highest BCUT2D eigenvalue weighted by atomic mass is 15.1. The Balaban J connectivity index is 2.80. The molecule has 3 N–H and O–H groups in total. The molecule has 0 spiro atoms. The number of nitrogens with two attached hydrogens (primary N) is 1. The first kappa shape index (κ1) is 9.06. The molecule has 14 heavy (non-hydrogen) atoms. The summed E-state index contributed by atoms with van der Waals surface area (Å²) in [7, 11) is 0. The third-order valence-corrected chi connectivity index (χ3v) is 2.36. The molecule has 1 aromatic heterocycles. The molecule has 1 heterocycles. The number of hydrogen-bond acceptors (Lipinski definition) is 2. The number of aromatic nitrogens is 2. The van der Waals surface area contributed by atoms with Crippen molar-refractivity contribution in [3.63, 3.8) is 0 Å². The average molecular weight is 189 g/mol. The van der Waals surface area contributed by atoms with E-state index in [1.165, 1.54) is 0 Å². The first-order valence-corrected chi connectivity index (χ1v) is 4.73. The summed E-state index contributed by atoms with van der Waals surface area (Å²) in [6.45, 7) is 6.44. The van der Waals surface area contributed by atoms with Crippen LogP contribution in [0.3, 0.4) is 0 Å². The zero-order valence-corrected chi connectivity index (χ0v) is 8.76. The third-order valence-electron chi connectivity index (χ3n) is 2.36. The molecule has 1 aromatic carbocycles. The van der Waals surface area contributed by atoms with Crippen LogP contribution in [0.2, 0.25) is 0 Å². The van der Waals surface area contributed by atoms with Gasteiger partial charge in [0.15, 0.2) is 0 Å². The fourth-order valence-corrected chi connectivity index (χ4v) is 1.64. The zero-order valence-electron chi connectivity index (χ0n) is 8.76. The molecule has 0 aliphatic rings. The van der Waals surface area contributed by atoms with Gasteiger partial charge < -0.3 is 5.73 Å². The summed E-state index contributed by atoms with van der Waals surface area (Å²) in [5.74, 6) is 0. The monoisotopic (exact) mass is 189 g/mol. The van der Waals surface area contributed by atoms with Crippen molar-refractivity contribution in [3.8, 4) is 0 Å². The summed E-state index contributed by atoms with van der Waals surface area (Å²) < 4.78 is 0. The van der Waals surface area contributed by atoms with Crippen LogP contribution < -0.4 is 5.73 Å². The SMILES string of the molecule is CC(C)(C)c1[nH]nc2cccc(N)c12. The topological polar surface area (TPSA) is 54.7 Å². The second-order valence-electron chi connectivity index (χ2n) is 4.59. The Morgan fingerprint density at radius 2 is 2.00 bits per heavy atom. The van der Waals surface area contributed by atoms with E-state index in [1.54, 1.807) is 0 Å². The normalized spacial score (nSPS) is 12.2. The van der Waals surface area contributed by atoms with Gasteiger partial charge in [-0.1, -0.05) is 26.8 Å². The first-order chi connectivity index (χ1) is 6.50. The minimum Gasteiger partial charge on any atom is -0.398 e. The van der Waals surface area contributed by atoms with Crippen LogP contribution in [0.1, 0.15) is 26.5 Å². The number of nitrogen functional groups attached to an aromatic ring is 1. The molecule has 0 aliphatic heterocycles. The van der Waals surface area contributed by atoms with Crippen molar-refractivity contribution in [1.82, 2.24) is 10.2 Å². The van der Waals surface area contributed by atoms with Crippen LogP contribution in [0.15, 0.2) is 18.2 Å². The van der Waals surface area contributed by atoms with E-state index in [1.807, 2.05) is 18.2 Å². The Bertz CT molecular complexity index is 463. The number of aromatic amines is 1. The highest BCUT2D eigenvalue weighted by molar-refractivity contribution is 5.93. The van der Waals surface area contributed by atoms with E-state index in [0.717, 1.165) is 22.3 Å². The van der Waals surface area contributed by atoms with Gasteiger partial charge in [-0.05, 0) is 12.1 Å². The Morgan fingerprint density at radius 1 is 1.29 bits per heavy atom. The van der Waals surface area contributed by atoms with Gasteiger partial charge in [-0.2, -0.15) is 5.10 Å². The third kappa shape index (κ3) is 1.25. The lowest BCUT2D eigenvalue weighted by Gasteiger charge is -2.16. The molecule has 3 nitrogen and oxygen atoms in total. The van der Waals surface area contributed by atoms with Gasteiger partial charge in [0.1, 0.15) is 0 Å². The van der Waals surface area contributed by atoms with Gasteiger partial charge in [0, 0.05) is 16.5 Å². The van der Waals surface area contributed by atoms with Crippen molar-refractivity contribution in [2.45, 2.75) is 26.2 Å². The first-order valence-electron chi connectivity index (χ1n) is 4.73. The van der Waals surface area contributed by atoms with Crippen LogP contribution in [0.5, 0.6) is 0 Å². The molecule has 0 unspecified atom stereocenters. The van der Waals surface area contributed by atoms with Gasteiger partial charge in [0.25, 0.3) is 0 Å². The second-order valence-corrected chi connectivity index (χ2v) is 4.59. The van der Waals surface area contributed by atoms with Crippen molar-refractivity contribution in [1.29, 1.82) is 0 Å². The molecule has 0 saturated heterocycles. The molecule has 74 valence electrons. The summed E-state index contributed by atoms with van der Waals surface area (Å²) in [6, 6.07) is 5.80. The largest absolute Gasteiger partial charge is 0.398 e. The van der Waals surface area contributed by atoms with Crippen LogP contribution in [-0.2, 0) is 5.41 Å². The number of hydrogen-bond donors (Lipinski definition) is 2. The summed E-state index contributed by atoms with van der Waals surface area (Å²) in [6.07, 6.45) is 0. The molecule has 3 heteroatoms. The van der Waals surface area contributed by atoms with Crippen molar-refractivity contribution in [3.05, 3.63) is 23.9 Å². The molecule has 0 radical (unpaired) electrons. The minimum atomic E-state index is 0.0459. The molecule has 0 atom stereocenters. The van der Waals surface area contributed by atoms with E-state index in [2.05, 4.69) is 31.0 Å². The van der Waals surface area contributed by atoms with Crippen molar-refractivity contribution in [2.75, 3.05) is 5.73 Å². The Labute approximate surface area is 83.3 Å². The molecule has 2 aromatic rings. The standard InChI is InChI=1S/C11H15N3/c1-11(2,3)10-9-7(12)5-4-6-8(9)13-14-10/h4-6H,12H2,1-3H3,(H,13,14). The predicted molar refractivity (Wildman–Crippen MR) is 59.2 cm³/mol. The Kier molecular flexibility index (Phi) is 1.77. The van der Waals surface area contributed by atoms with Crippen LogP contribution in [0, 0.1) is 0 Å². The highest BCUT2D eigenvalue weighted by Gasteiger charge is 2.20. The zero-order chi connectivity index (χ0) is 10.3. The van der Waals surface area contributed by atoms with E-state index >= 15 is 0 Å². The summed E-state index contributed by atoms with van der Waals surface area (Å²) in [4.78, 5) is 0. The maximum absolute atomic E-state index is 5.94. The molecular weight excluding hydrogens is 174 g/mol. The predicted octanol–water partition coefficient (Wildman–Crippen LogP) is 2.44. The lowest BCUT2D eigenvalue weighted by molar-refractivity contribution is 0.571. The molecular formula is C11H15N3. The number of fused-ring (bicyclic) bond motifs is 1. The number of rotatable bonds is 0. The average Bonchev–Trinajstić information content (AvgIpc) is 2.47. The van der Waals surface area contributed by atoms with Crippen LogP contribution in [-0.4, -0.2) is 10.2 Å². The molecule has 0 bridgehead atoms. The van der Waals surface area contributed by atoms with E-state index in [9.17, 15) is 0 Å². The number of benzene rings is 1. The Morgan fingerprint density at radius 3 is 2.64 bits per heavy atom. The van der Waals surface area contributed by atoms with E-state index in [4.69, 9.17) is 5.73 Å². The second kappa shape index (κ2) is 2.74. The van der Waals surface area contributed by atoms with E-state index in [-0.39, 0.29) is 5.41 Å². The van der Waals surface area contributed by atoms with E-state index in [0.29, 0.717) is 0 Å². The lowest BCUT2D eigenvalue weighted by Crippen LogP contribution is -2.12. The molecule has 0 amide bonds. The van der Waals surface area contributed by atoms with Crippen LogP contribution in [0.25, 0.3) is 10.9 Å². The molecule has 2 rings (SSSR count). The smallest absolute Gasteiger partial charge is 0.0944 e. The maximum Gasteiger partial charge on any atom is 0.0944 e. The van der Waals surface area contributed by atoms with Crippen molar-refractivity contribution < 1.29 is 0 Å². The van der Waals surface area contributed by atoms with Gasteiger partial charge >= 0.3 is 0 Å². The van der Waals surface area contributed by atoms with Crippen LogP contribution in [0.4, 0.5) is 5.69 Å². The lowest BCUT2D eigenvalue weighted by atomic mass is 9.89. The fraction of sp³-hybridized carbons (Fsp3) is 0.364. The van der Waals surface area contributed by atoms with Gasteiger partial charge in [0.05, 0.1) is 11.2 Å². The molecule has 0 fully saturated rings.